The lowest BCUT2D eigenvalue weighted by Gasteiger charge is -2.58. The van der Waals surface area contributed by atoms with Crippen LogP contribution in [0.1, 0.15) is 77.7 Å². The molecule has 4 aliphatic rings. The molecular formula is C39H44O3. The van der Waals surface area contributed by atoms with E-state index in [0.29, 0.717) is 24.4 Å². The highest BCUT2D eigenvalue weighted by molar-refractivity contribution is 6.23. The second-order valence-electron chi connectivity index (χ2n) is 14.9. The van der Waals surface area contributed by atoms with E-state index < -0.39 is 0 Å². The quantitative estimate of drug-likeness (QED) is 0.154. The molecule has 0 aliphatic heterocycles. The second-order valence-corrected chi connectivity index (χ2v) is 14.9. The molecule has 4 aliphatic carbocycles. The number of rotatable bonds is 4. The van der Waals surface area contributed by atoms with Gasteiger partial charge in [-0.05, 0) is 124 Å². The summed E-state index contributed by atoms with van der Waals surface area (Å²) in [5.41, 5.74) is 3.08. The number of aliphatic hydroxyl groups excluding tert-OH is 1. The van der Waals surface area contributed by atoms with Crippen molar-refractivity contribution in [3.8, 4) is 0 Å². The molecule has 0 heterocycles. The smallest absolute Gasteiger partial charge is 0.309 e. The first kappa shape index (κ1) is 26.7. The van der Waals surface area contributed by atoms with Crippen LogP contribution < -0.4 is 0 Å². The Hall–Kier alpha value is -2.91. The third-order valence-electron chi connectivity index (χ3n) is 13.1. The van der Waals surface area contributed by atoms with E-state index in [2.05, 4.69) is 81.4 Å². The first-order chi connectivity index (χ1) is 20.3. The molecule has 3 fully saturated rings. The van der Waals surface area contributed by atoms with Gasteiger partial charge in [0.1, 0.15) is 6.61 Å². The largest absolute Gasteiger partial charge is 0.461 e. The van der Waals surface area contributed by atoms with Gasteiger partial charge in [-0.1, -0.05) is 87.0 Å². The summed E-state index contributed by atoms with van der Waals surface area (Å²) in [7, 11) is 0. The van der Waals surface area contributed by atoms with Gasteiger partial charge in [0.2, 0.25) is 0 Å². The molecule has 0 radical (unpaired) electrons. The molecule has 42 heavy (non-hydrogen) atoms. The summed E-state index contributed by atoms with van der Waals surface area (Å²) in [6.07, 6.45) is 11.3. The van der Waals surface area contributed by atoms with Crippen molar-refractivity contribution in [2.24, 2.45) is 40.4 Å². The van der Waals surface area contributed by atoms with Crippen LogP contribution in [-0.4, -0.2) is 17.2 Å². The Morgan fingerprint density at radius 2 is 1.64 bits per heavy atom. The van der Waals surface area contributed by atoms with Gasteiger partial charge < -0.3 is 9.84 Å². The van der Waals surface area contributed by atoms with Gasteiger partial charge in [0.15, 0.2) is 0 Å². The first-order valence-electron chi connectivity index (χ1n) is 16.5. The Morgan fingerprint density at radius 3 is 2.45 bits per heavy atom. The van der Waals surface area contributed by atoms with E-state index >= 15 is 0 Å². The average molecular weight is 561 g/mol. The van der Waals surface area contributed by atoms with Gasteiger partial charge >= 0.3 is 5.97 Å². The molecule has 8 rings (SSSR count). The van der Waals surface area contributed by atoms with E-state index in [4.69, 9.17) is 4.74 Å². The number of benzene rings is 4. The van der Waals surface area contributed by atoms with Crippen LogP contribution in [-0.2, 0) is 16.1 Å². The first-order valence-corrected chi connectivity index (χ1v) is 16.5. The summed E-state index contributed by atoms with van der Waals surface area (Å²) in [4.78, 5) is 13.7. The van der Waals surface area contributed by atoms with E-state index in [1.165, 1.54) is 57.2 Å². The fourth-order valence-corrected chi connectivity index (χ4v) is 10.9. The van der Waals surface area contributed by atoms with Crippen LogP contribution >= 0.6 is 0 Å². The van der Waals surface area contributed by atoms with Gasteiger partial charge in [-0.3, -0.25) is 4.79 Å². The summed E-state index contributed by atoms with van der Waals surface area (Å²) >= 11 is 0. The number of hydrogen-bond acceptors (Lipinski definition) is 3. The number of carbonyl (C=O) groups is 1. The fraction of sp³-hybridized carbons (Fsp3) is 0.513. The summed E-state index contributed by atoms with van der Waals surface area (Å²) in [5.74, 6) is 2.36. The lowest BCUT2D eigenvalue weighted by Crippen LogP contribution is -2.51. The summed E-state index contributed by atoms with van der Waals surface area (Å²) < 4.78 is 6.15. The van der Waals surface area contributed by atoms with Gasteiger partial charge in [-0.25, -0.2) is 0 Å². The highest BCUT2D eigenvalue weighted by atomic mass is 16.5. The Kier molecular flexibility index (Phi) is 6.07. The molecule has 3 saturated carbocycles. The lowest BCUT2D eigenvalue weighted by atomic mass is 9.47. The van der Waals surface area contributed by atoms with Crippen LogP contribution in [0.15, 0.2) is 66.2 Å². The van der Waals surface area contributed by atoms with Gasteiger partial charge in [0.05, 0.1) is 12.0 Å². The monoisotopic (exact) mass is 560 g/mol. The molecule has 3 nitrogen and oxygen atoms in total. The van der Waals surface area contributed by atoms with Crippen molar-refractivity contribution < 1.29 is 14.6 Å². The van der Waals surface area contributed by atoms with Crippen molar-refractivity contribution in [2.45, 2.75) is 84.8 Å². The van der Waals surface area contributed by atoms with Crippen LogP contribution in [0.25, 0.3) is 32.3 Å². The minimum Gasteiger partial charge on any atom is -0.461 e. The standard InChI is InChI=1S/C39H44O3/c1-23(32-15-16-33-31-14-12-28-21-29(40)17-19-38(28,2)34(31)18-20-39(32,33)3)37(41)42-22-27-10-9-26-8-7-24-5-4-6-25-11-13-30(27)36(26)35(24)25/h4-13,23,29,31-34,40H,14-22H2,1-3H3/t23-,29-,31-,32+,33-,34-,38-,39+/m0/s1. The van der Waals surface area contributed by atoms with Crippen molar-refractivity contribution in [3.63, 3.8) is 0 Å². The van der Waals surface area contributed by atoms with Crippen molar-refractivity contribution >= 4 is 38.3 Å². The van der Waals surface area contributed by atoms with Crippen molar-refractivity contribution in [2.75, 3.05) is 0 Å². The molecule has 0 saturated heterocycles. The van der Waals surface area contributed by atoms with Gasteiger partial charge in [0.25, 0.3) is 0 Å². The second kappa shape index (κ2) is 9.55. The van der Waals surface area contributed by atoms with Crippen molar-refractivity contribution in [3.05, 3.63) is 71.8 Å². The number of hydrogen-bond donors (Lipinski definition) is 1. The maximum Gasteiger partial charge on any atom is 0.309 e. The van der Waals surface area contributed by atoms with Crippen LogP contribution in [0, 0.1) is 40.4 Å². The molecule has 0 spiro atoms. The molecule has 4 aromatic carbocycles. The number of allylic oxidation sites excluding steroid dienone is 1. The third kappa shape index (κ3) is 3.78. The van der Waals surface area contributed by atoms with Gasteiger partial charge in [-0.2, -0.15) is 0 Å². The normalized spacial score (nSPS) is 35.0. The highest BCUT2D eigenvalue weighted by Gasteiger charge is 2.59. The summed E-state index contributed by atoms with van der Waals surface area (Å²) in [6, 6.07) is 19.6. The zero-order chi connectivity index (χ0) is 28.8. The molecule has 0 unspecified atom stereocenters. The van der Waals surface area contributed by atoms with Crippen molar-refractivity contribution in [1.29, 1.82) is 0 Å². The van der Waals surface area contributed by atoms with E-state index in [-0.39, 0.29) is 28.8 Å². The van der Waals surface area contributed by atoms with Crippen LogP contribution in [0.3, 0.4) is 0 Å². The molecule has 8 atom stereocenters. The molecule has 1 N–H and O–H groups in total. The van der Waals surface area contributed by atoms with Crippen molar-refractivity contribution in [1.82, 2.24) is 0 Å². The average Bonchev–Trinajstić information content (AvgIpc) is 3.36. The highest BCUT2D eigenvalue weighted by Crippen LogP contribution is 2.67. The minimum absolute atomic E-state index is 0.0336. The third-order valence-corrected chi connectivity index (χ3v) is 13.1. The topological polar surface area (TPSA) is 46.5 Å². The van der Waals surface area contributed by atoms with E-state index in [1.807, 2.05) is 0 Å². The van der Waals surface area contributed by atoms with Crippen LogP contribution in [0.5, 0.6) is 0 Å². The predicted molar refractivity (Wildman–Crippen MR) is 170 cm³/mol. The zero-order valence-electron chi connectivity index (χ0n) is 25.4. The zero-order valence-corrected chi connectivity index (χ0v) is 25.4. The fourth-order valence-electron chi connectivity index (χ4n) is 10.9. The molecule has 218 valence electrons. The van der Waals surface area contributed by atoms with Crippen LogP contribution in [0.4, 0.5) is 0 Å². The van der Waals surface area contributed by atoms with Gasteiger partial charge in [0, 0.05) is 0 Å². The molecular weight excluding hydrogens is 516 g/mol. The number of carbonyl (C=O) groups excluding carboxylic acids is 1. The van der Waals surface area contributed by atoms with E-state index in [1.54, 1.807) is 0 Å². The van der Waals surface area contributed by atoms with Crippen LogP contribution in [0.2, 0.25) is 0 Å². The number of ether oxygens (including phenoxy) is 1. The Balaban J connectivity index is 1.01. The molecule has 0 amide bonds. The van der Waals surface area contributed by atoms with E-state index in [9.17, 15) is 9.90 Å². The minimum atomic E-state index is -0.154. The number of aliphatic hydroxyl groups is 1. The van der Waals surface area contributed by atoms with E-state index in [0.717, 1.165) is 43.6 Å². The Morgan fingerprint density at radius 1 is 0.905 bits per heavy atom. The Labute approximate surface area is 249 Å². The Bertz CT molecular complexity index is 1700. The molecule has 4 aromatic rings. The number of esters is 1. The lowest BCUT2D eigenvalue weighted by molar-refractivity contribution is -0.154. The molecule has 0 bridgehead atoms. The molecule has 3 heteroatoms. The maximum atomic E-state index is 13.7. The molecule has 0 aromatic heterocycles. The summed E-state index contributed by atoms with van der Waals surface area (Å²) in [5, 5.41) is 17.9. The predicted octanol–water partition coefficient (Wildman–Crippen LogP) is 9.20. The SMILES string of the molecule is C[C@H](C(=O)OCc1ccc2ccc3cccc4ccc1c2c34)[C@H]1CC[C@H]2[C@@H]3CC=C4C[C@@H](O)CC[C@]4(C)[C@H]3CC[C@]12C. The summed E-state index contributed by atoms with van der Waals surface area (Å²) in [6.45, 7) is 7.46. The maximum absolute atomic E-state index is 13.7. The number of fused-ring (bicyclic) bond motifs is 5. The van der Waals surface area contributed by atoms with Gasteiger partial charge in [-0.15, -0.1) is 0 Å².